The Balaban J connectivity index is 3.34. The molecule has 0 saturated carbocycles. The molecule has 0 aliphatic rings. The maximum atomic E-state index is 12.7. The molecule has 0 saturated heterocycles. The van der Waals surface area contributed by atoms with Gasteiger partial charge in [-0.1, -0.05) is 0 Å². The molecular weight excluding hydrogens is 202 g/mol. The lowest BCUT2D eigenvalue weighted by Gasteiger charge is -2.11. The standard InChI is InChI=1S/C10H10F2N2O/c1-6-5-8(15-2)9(10(11)12)7(14-6)3-4-13/h5,10H,3H2,1-2H3. The van der Waals surface area contributed by atoms with Gasteiger partial charge >= 0.3 is 0 Å². The number of alkyl halides is 2. The van der Waals surface area contributed by atoms with Crippen LogP contribution in [-0.4, -0.2) is 12.1 Å². The van der Waals surface area contributed by atoms with Crippen LogP contribution in [0.15, 0.2) is 6.07 Å². The van der Waals surface area contributed by atoms with Crippen LogP contribution in [0.2, 0.25) is 0 Å². The van der Waals surface area contributed by atoms with Crippen molar-refractivity contribution in [3.63, 3.8) is 0 Å². The fourth-order valence-corrected chi connectivity index (χ4v) is 1.33. The van der Waals surface area contributed by atoms with Crippen LogP contribution in [0.1, 0.15) is 23.4 Å². The van der Waals surface area contributed by atoms with E-state index in [-0.39, 0.29) is 23.4 Å². The first kappa shape index (κ1) is 11.4. The molecule has 0 bridgehead atoms. The lowest BCUT2D eigenvalue weighted by Crippen LogP contribution is -2.03. The molecule has 0 fully saturated rings. The normalized spacial score (nSPS) is 10.1. The quantitative estimate of drug-likeness (QED) is 0.772. The number of hydrogen-bond donors (Lipinski definition) is 0. The van der Waals surface area contributed by atoms with Gasteiger partial charge in [0.2, 0.25) is 0 Å². The number of methoxy groups -OCH3 is 1. The third-order valence-corrected chi connectivity index (χ3v) is 1.91. The van der Waals surface area contributed by atoms with Crippen molar-refractivity contribution in [1.29, 1.82) is 5.26 Å². The molecule has 0 unspecified atom stereocenters. The molecule has 1 aromatic heterocycles. The minimum Gasteiger partial charge on any atom is -0.496 e. The Kier molecular flexibility index (Phi) is 3.56. The lowest BCUT2D eigenvalue weighted by atomic mass is 10.1. The topological polar surface area (TPSA) is 45.9 Å². The average Bonchev–Trinajstić information content (AvgIpc) is 2.16. The minimum absolute atomic E-state index is 0.0859. The monoisotopic (exact) mass is 212 g/mol. The first-order valence-electron chi connectivity index (χ1n) is 4.29. The Labute approximate surface area is 86.3 Å². The van der Waals surface area contributed by atoms with Gasteiger partial charge in [-0.15, -0.1) is 0 Å². The van der Waals surface area contributed by atoms with Crippen molar-refractivity contribution in [2.24, 2.45) is 0 Å². The summed E-state index contributed by atoms with van der Waals surface area (Å²) in [6, 6.07) is 3.24. The van der Waals surface area contributed by atoms with E-state index in [1.54, 1.807) is 13.0 Å². The van der Waals surface area contributed by atoms with Crippen LogP contribution in [-0.2, 0) is 6.42 Å². The molecule has 5 heteroatoms. The first-order valence-corrected chi connectivity index (χ1v) is 4.29. The van der Waals surface area contributed by atoms with E-state index in [1.807, 2.05) is 0 Å². The van der Waals surface area contributed by atoms with Crippen molar-refractivity contribution in [1.82, 2.24) is 4.98 Å². The third-order valence-electron chi connectivity index (χ3n) is 1.91. The van der Waals surface area contributed by atoms with E-state index in [9.17, 15) is 8.78 Å². The largest absolute Gasteiger partial charge is 0.496 e. The van der Waals surface area contributed by atoms with Gasteiger partial charge in [0.25, 0.3) is 6.43 Å². The van der Waals surface area contributed by atoms with Gasteiger partial charge in [0.05, 0.1) is 30.9 Å². The van der Waals surface area contributed by atoms with E-state index in [4.69, 9.17) is 10.00 Å². The van der Waals surface area contributed by atoms with E-state index in [2.05, 4.69) is 4.98 Å². The predicted molar refractivity (Wildman–Crippen MR) is 49.8 cm³/mol. The highest BCUT2D eigenvalue weighted by Crippen LogP contribution is 2.31. The van der Waals surface area contributed by atoms with Crippen molar-refractivity contribution in [3.05, 3.63) is 23.0 Å². The number of rotatable bonds is 3. The van der Waals surface area contributed by atoms with Gasteiger partial charge in [-0.05, 0) is 6.92 Å². The van der Waals surface area contributed by atoms with Gasteiger partial charge in [0.1, 0.15) is 5.75 Å². The average molecular weight is 212 g/mol. The summed E-state index contributed by atoms with van der Waals surface area (Å²) >= 11 is 0. The van der Waals surface area contributed by atoms with Gasteiger partial charge in [0.15, 0.2) is 0 Å². The molecule has 0 aliphatic heterocycles. The highest BCUT2D eigenvalue weighted by atomic mass is 19.3. The molecule has 0 aliphatic carbocycles. The van der Waals surface area contributed by atoms with Crippen molar-refractivity contribution >= 4 is 0 Å². The molecular formula is C10H10F2N2O. The molecule has 0 spiro atoms. The Morgan fingerprint density at radius 1 is 1.60 bits per heavy atom. The molecule has 0 N–H and O–H groups in total. The zero-order valence-electron chi connectivity index (χ0n) is 8.42. The highest BCUT2D eigenvalue weighted by Gasteiger charge is 2.20. The molecule has 1 heterocycles. The van der Waals surface area contributed by atoms with Gasteiger partial charge in [-0.2, -0.15) is 5.26 Å². The van der Waals surface area contributed by atoms with Crippen LogP contribution in [0.3, 0.4) is 0 Å². The molecule has 0 radical (unpaired) electrons. The number of ether oxygens (including phenoxy) is 1. The smallest absolute Gasteiger partial charge is 0.269 e. The summed E-state index contributed by atoms with van der Waals surface area (Å²) in [6.45, 7) is 1.67. The summed E-state index contributed by atoms with van der Waals surface area (Å²) in [5.74, 6) is 0.0859. The van der Waals surface area contributed by atoms with Gasteiger partial charge in [0, 0.05) is 11.8 Å². The summed E-state index contributed by atoms with van der Waals surface area (Å²) in [4.78, 5) is 3.91. The fourth-order valence-electron chi connectivity index (χ4n) is 1.33. The zero-order valence-corrected chi connectivity index (χ0v) is 8.42. The van der Waals surface area contributed by atoms with E-state index >= 15 is 0 Å². The highest BCUT2D eigenvalue weighted by molar-refractivity contribution is 5.40. The number of nitrogens with zero attached hydrogens (tertiary/aromatic N) is 2. The van der Waals surface area contributed by atoms with Crippen LogP contribution in [0.5, 0.6) is 5.75 Å². The Hall–Kier alpha value is -1.70. The molecule has 1 rings (SSSR count). The number of pyridine rings is 1. The number of hydrogen-bond acceptors (Lipinski definition) is 3. The Morgan fingerprint density at radius 3 is 2.73 bits per heavy atom. The maximum Gasteiger partial charge on any atom is 0.269 e. The van der Waals surface area contributed by atoms with Crippen molar-refractivity contribution in [2.45, 2.75) is 19.8 Å². The van der Waals surface area contributed by atoms with E-state index < -0.39 is 6.43 Å². The van der Waals surface area contributed by atoms with Gasteiger partial charge in [-0.3, -0.25) is 4.98 Å². The van der Waals surface area contributed by atoms with Crippen LogP contribution in [0, 0.1) is 18.3 Å². The SMILES string of the molecule is COc1cc(C)nc(CC#N)c1C(F)F. The Morgan fingerprint density at radius 2 is 2.27 bits per heavy atom. The van der Waals surface area contributed by atoms with Crippen molar-refractivity contribution < 1.29 is 13.5 Å². The Bertz CT molecular complexity index is 399. The maximum absolute atomic E-state index is 12.7. The predicted octanol–water partition coefficient (Wildman–Crippen LogP) is 2.40. The van der Waals surface area contributed by atoms with Crippen molar-refractivity contribution in [2.75, 3.05) is 7.11 Å². The second-order valence-electron chi connectivity index (χ2n) is 2.96. The van der Waals surface area contributed by atoms with E-state index in [0.29, 0.717) is 5.69 Å². The molecule has 80 valence electrons. The third kappa shape index (κ3) is 2.40. The second kappa shape index (κ2) is 4.69. The first-order chi connectivity index (χ1) is 7.10. The number of aromatic nitrogens is 1. The molecule has 3 nitrogen and oxygen atoms in total. The summed E-state index contributed by atoms with van der Waals surface area (Å²) in [6.07, 6.45) is -2.83. The number of aryl methyl sites for hydroxylation is 1. The van der Waals surface area contributed by atoms with Gasteiger partial charge in [-0.25, -0.2) is 8.78 Å². The van der Waals surface area contributed by atoms with Crippen LogP contribution < -0.4 is 4.74 Å². The second-order valence-corrected chi connectivity index (χ2v) is 2.96. The van der Waals surface area contributed by atoms with Crippen LogP contribution in [0.4, 0.5) is 8.78 Å². The summed E-state index contributed by atoms with van der Waals surface area (Å²) in [5, 5.41) is 8.50. The summed E-state index contributed by atoms with van der Waals surface area (Å²) in [7, 11) is 1.32. The van der Waals surface area contributed by atoms with Crippen LogP contribution >= 0.6 is 0 Å². The fraction of sp³-hybridized carbons (Fsp3) is 0.400. The molecule has 0 atom stereocenters. The van der Waals surface area contributed by atoms with Gasteiger partial charge < -0.3 is 4.74 Å². The summed E-state index contributed by atoms with van der Waals surface area (Å²) < 4.78 is 30.2. The lowest BCUT2D eigenvalue weighted by molar-refractivity contribution is 0.145. The minimum atomic E-state index is -2.68. The zero-order chi connectivity index (χ0) is 11.4. The molecule has 1 aromatic rings. The molecule has 0 aromatic carbocycles. The summed E-state index contributed by atoms with van der Waals surface area (Å²) in [5.41, 5.74) is 0.357. The number of nitriles is 1. The van der Waals surface area contributed by atoms with E-state index in [0.717, 1.165) is 0 Å². The van der Waals surface area contributed by atoms with E-state index in [1.165, 1.54) is 13.2 Å². The molecule has 0 amide bonds. The van der Waals surface area contributed by atoms with Crippen molar-refractivity contribution in [3.8, 4) is 11.8 Å². The number of halogens is 2. The molecule has 15 heavy (non-hydrogen) atoms. The van der Waals surface area contributed by atoms with Crippen LogP contribution in [0.25, 0.3) is 0 Å².